The molecule has 0 aromatic heterocycles. The Balaban J connectivity index is 2.27. The molecule has 1 fully saturated rings. The highest BCUT2D eigenvalue weighted by atomic mass is 19.1. The topological polar surface area (TPSA) is 52.6 Å². The fourth-order valence-electron chi connectivity index (χ4n) is 2.16. The van der Waals surface area contributed by atoms with Crippen LogP contribution in [-0.2, 0) is 0 Å². The molecule has 1 unspecified atom stereocenters. The summed E-state index contributed by atoms with van der Waals surface area (Å²) in [6.07, 6.45) is 0.113. The zero-order valence-electron chi connectivity index (χ0n) is 10.3. The van der Waals surface area contributed by atoms with Crippen LogP contribution in [0.15, 0.2) is 18.2 Å². The number of β-amino-alcohol motifs (C(OH)–C–C–N with tert-alkyl or cyclic N) is 1. The van der Waals surface area contributed by atoms with E-state index in [0.717, 1.165) is 0 Å². The van der Waals surface area contributed by atoms with Crippen LogP contribution < -0.4 is 5.32 Å². The second kappa shape index (κ2) is 5.35. The van der Waals surface area contributed by atoms with Crippen molar-refractivity contribution in [3.63, 3.8) is 0 Å². The van der Waals surface area contributed by atoms with E-state index < -0.39 is 11.9 Å². The van der Waals surface area contributed by atoms with Gasteiger partial charge in [-0.1, -0.05) is 6.07 Å². The molecule has 1 aromatic rings. The van der Waals surface area contributed by atoms with Gasteiger partial charge in [-0.25, -0.2) is 4.39 Å². The first-order chi connectivity index (χ1) is 8.63. The van der Waals surface area contributed by atoms with E-state index in [2.05, 4.69) is 5.32 Å². The summed E-state index contributed by atoms with van der Waals surface area (Å²) in [7, 11) is 0. The first-order valence-electron chi connectivity index (χ1n) is 6.13. The van der Waals surface area contributed by atoms with Crippen molar-refractivity contribution in [1.29, 1.82) is 0 Å². The van der Waals surface area contributed by atoms with Crippen LogP contribution in [0, 0.1) is 5.82 Å². The van der Waals surface area contributed by atoms with Crippen molar-refractivity contribution in [2.45, 2.75) is 19.4 Å². The minimum atomic E-state index is -0.468. The van der Waals surface area contributed by atoms with Crippen molar-refractivity contribution in [1.82, 2.24) is 4.90 Å². The number of anilines is 1. The second-order valence-electron chi connectivity index (χ2n) is 4.39. The van der Waals surface area contributed by atoms with Crippen molar-refractivity contribution in [2.24, 2.45) is 0 Å². The molecule has 1 aliphatic heterocycles. The highest BCUT2D eigenvalue weighted by molar-refractivity contribution is 5.99. The molecule has 1 heterocycles. The molecule has 0 saturated carbocycles. The van der Waals surface area contributed by atoms with Gasteiger partial charge in [0.05, 0.1) is 17.4 Å². The summed E-state index contributed by atoms with van der Waals surface area (Å²) in [6, 6.07) is 4.46. The molecule has 1 atom stereocenters. The Morgan fingerprint density at radius 3 is 3.00 bits per heavy atom. The lowest BCUT2D eigenvalue weighted by atomic mass is 10.1. The molecule has 1 aliphatic rings. The second-order valence-corrected chi connectivity index (χ2v) is 4.39. The van der Waals surface area contributed by atoms with Gasteiger partial charge in [-0.3, -0.25) is 4.79 Å². The van der Waals surface area contributed by atoms with Gasteiger partial charge in [-0.05, 0) is 25.5 Å². The zero-order valence-corrected chi connectivity index (χ0v) is 10.3. The van der Waals surface area contributed by atoms with Gasteiger partial charge in [0.1, 0.15) is 5.82 Å². The number of carbonyl (C=O) groups is 1. The first-order valence-corrected chi connectivity index (χ1v) is 6.13. The standard InChI is InChI=1S/C13H17FN2O2/c1-2-15-12-10(4-3-5-11(12)14)13(18)16-7-6-9(17)8-16/h3-5,9,15,17H,2,6-8H2,1H3. The quantitative estimate of drug-likeness (QED) is 0.856. The number of para-hydroxylation sites is 1. The molecule has 1 aromatic carbocycles. The van der Waals surface area contributed by atoms with E-state index in [1.807, 2.05) is 6.92 Å². The van der Waals surface area contributed by atoms with Crippen molar-refractivity contribution in [3.05, 3.63) is 29.6 Å². The van der Waals surface area contributed by atoms with Gasteiger partial charge in [-0.2, -0.15) is 0 Å². The van der Waals surface area contributed by atoms with Crippen LogP contribution in [-0.4, -0.2) is 41.7 Å². The van der Waals surface area contributed by atoms with Gasteiger partial charge in [0.2, 0.25) is 0 Å². The highest BCUT2D eigenvalue weighted by Crippen LogP contribution is 2.23. The maximum Gasteiger partial charge on any atom is 0.256 e. The van der Waals surface area contributed by atoms with Crippen LogP contribution in [0.5, 0.6) is 0 Å². The fraction of sp³-hybridized carbons (Fsp3) is 0.462. The van der Waals surface area contributed by atoms with E-state index >= 15 is 0 Å². The average molecular weight is 252 g/mol. The summed E-state index contributed by atoms with van der Waals surface area (Å²) in [4.78, 5) is 13.8. The van der Waals surface area contributed by atoms with Crippen LogP contribution in [0.2, 0.25) is 0 Å². The molecule has 18 heavy (non-hydrogen) atoms. The van der Waals surface area contributed by atoms with Crippen LogP contribution in [0.1, 0.15) is 23.7 Å². The third-order valence-electron chi connectivity index (χ3n) is 3.05. The molecular formula is C13H17FN2O2. The first kappa shape index (κ1) is 12.8. The molecule has 98 valence electrons. The van der Waals surface area contributed by atoms with E-state index in [1.165, 1.54) is 12.1 Å². The van der Waals surface area contributed by atoms with E-state index in [-0.39, 0.29) is 11.6 Å². The Hall–Kier alpha value is -1.62. The number of nitrogens with zero attached hydrogens (tertiary/aromatic N) is 1. The third-order valence-corrected chi connectivity index (χ3v) is 3.05. The van der Waals surface area contributed by atoms with Crippen molar-refractivity contribution >= 4 is 11.6 Å². The number of carbonyl (C=O) groups excluding carboxylic acids is 1. The van der Waals surface area contributed by atoms with Crippen LogP contribution in [0.4, 0.5) is 10.1 Å². The van der Waals surface area contributed by atoms with Gasteiger partial charge in [0.25, 0.3) is 5.91 Å². The van der Waals surface area contributed by atoms with Crippen LogP contribution in [0.25, 0.3) is 0 Å². The summed E-state index contributed by atoms with van der Waals surface area (Å²) in [6.45, 7) is 3.23. The monoisotopic (exact) mass is 252 g/mol. The lowest BCUT2D eigenvalue weighted by molar-refractivity contribution is 0.0765. The lowest BCUT2D eigenvalue weighted by Crippen LogP contribution is -2.30. The van der Waals surface area contributed by atoms with E-state index in [0.29, 0.717) is 31.6 Å². The molecule has 0 spiro atoms. The fourth-order valence-corrected chi connectivity index (χ4v) is 2.16. The Morgan fingerprint density at radius 2 is 2.39 bits per heavy atom. The molecule has 5 heteroatoms. The van der Waals surface area contributed by atoms with Gasteiger partial charge < -0.3 is 15.3 Å². The minimum Gasteiger partial charge on any atom is -0.391 e. The number of benzene rings is 1. The van der Waals surface area contributed by atoms with Gasteiger partial charge >= 0.3 is 0 Å². The Morgan fingerprint density at radius 1 is 1.61 bits per heavy atom. The van der Waals surface area contributed by atoms with Crippen LogP contribution in [0.3, 0.4) is 0 Å². The van der Waals surface area contributed by atoms with E-state index in [1.54, 1.807) is 11.0 Å². The van der Waals surface area contributed by atoms with Crippen molar-refractivity contribution in [3.8, 4) is 0 Å². The van der Waals surface area contributed by atoms with Gasteiger partial charge in [0.15, 0.2) is 0 Å². The maximum atomic E-state index is 13.7. The van der Waals surface area contributed by atoms with Crippen molar-refractivity contribution in [2.75, 3.05) is 25.0 Å². The smallest absolute Gasteiger partial charge is 0.256 e. The third kappa shape index (κ3) is 2.46. The lowest BCUT2D eigenvalue weighted by Gasteiger charge is -2.18. The number of aliphatic hydroxyl groups excluding tert-OH is 1. The molecule has 2 rings (SSSR count). The maximum absolute atomic E-state index is 13.7. The predicted molar refractivity (Wildman–Crippen MR) is 67.1 cm³/mol. The molecular weight excluding hydrogens is 235 g/mol. The summed E-state index contributed by atoms with van der Waals surface area (Å²) >= 11 is 0. The Kier molecular flexibility index (Phi) is 3.81. The molecule has 0 bridgehead atoms. The number of hydrogen-bond acceptors (Lipinski definition) is 3. The predicted octanol–water partition coefficient (Wildman–Crippen LogP) is 1.46. The largest absolute Gasteiger partial charge is 0.391 e. The molecule has 1 saturated heterocycles. The SMILES string of the molecule is CCNc1c(F)cccc1C(=O)N1CCC(O)C1. The Bertz CT molecular complexity index is 451. The minimum absolute atomic E-state index is 0.234. The number of hydrogen-bond donors (Lipinski definition) is 2. The number of halogens is 1. The summed E-state index contributed by atoms with van der Waals surface area (Å²) in [5.74, 6) is -0.663. The number of nitrogens with one attached hydrogen (secondary N) is 1. The summed E-state index contributed by atoms with van der Waals surface area (Å²) in [5.41, 5.74) is 0.567. The molecule has 1 amide bonds. The summed E-state index contributed by atoms with van der Waals surface area (Å²) < 4.78 is 13.7. The molecule has 4 nitrogen and oxygen atoms in total. The number of amides is 1. The van der Waals surface area contributed by atoms with E-state index in [4.69, 9.17) is 0 Å². The highest BCUT2D eigenvalue weighted by Gasteiger charge is 2.27. The van der Waals surface area contributed by atoms with Gasteiger partial charge in [0, 0.05) is 19.6 Å². The average Bonchev–Trinajstić information content (AvgIpc) is 2.78. The van der Waals surface area contributed by atoms with Crippen molar-refractivity contribution < 1.29 is 14.3 Å². The van der Waals surface area contributed by atoms with Crippen LogP contribution >= 0.6 is 0 Å². The zero-order chi connectivity index (χ0) is 13.1. The molecule has 2 N–H and O–H groups in total. The number of aliphatic hydroxyl groups is 1. The van der Waals surface area contributed by atoms with Gasteiger partial charge in [-0.15, -0.1) is 0 Å². The van der Waals surface area contributed by atoms with E-state index in [9.17, 15) is 14.3 Å². The summed E-state index contributed by atoms with van der Waals surface area (Å²) in [5, 5.41) is 12.3. The molecule has 0 aliphatic carbocycles. The normalized spacial score (nSPS) is 19.1. The Labute approximate surface area is 105 Å². The molecule has 0 radical (unpaired) electrons. The number of likely N-dealkylation sites (tertiary alicyclic amines) is 1. The number of rotatable bonds is 3.